The van der Waals surface area contributed by atoms with Crippen LogP contribution in [0.15, 0.2) is 72.8 Å². The van der Waals surface area contributed by atoms with Crippen LogP contribution in [-0.2, 0) is 11.3 Å². The smallest absolute Gasteiger partial charge is 0.410 e. The average molecular weight is 610 g/mol. The number of anilines is 1. The zero-order chi connectivity index (χ0) is 30.6. The van der Waals surface area contributed by atoms with Crippen LogP contribution in [0.5, 0.6) is 0 Å². The molecule has 1 saturated heterocycles. The fourth-order valence-electron chi connectivity index (χ4n) is 6.69. The summed E-state index contributed by atoms with van der Waals surface area (Å²) in [6, 6.07) is 21.4. The second kappa shape index (κ2) is 10.7. The molecule has 4 aromatic rings. The van der Waals surface area contributed by atoms with E-state index in [-0.39, 0.29) is 47.9 Å². The quantitative estimate of drug-likeness (QED) is 0.310. The Balaban J connectivity index is 1.12. The van der Waals surface area contributed by atoms with Crippen molar-refractivity contribution < 1.29 is 23.9 Å². The summed E-state index contributed by atoms with van der Waals surface area (Å²) in [7, 11) is 3.44. The Labute approximate surface area is 258 Å². The van der Waals surface area contributed by atoms with Crippen molar-refractivity contribution in [3.05, 3.63) is 95.1 Å². The van der Waals surface area contributed by atoms with Crippen molar-refractivity contribution >= 4 is 50.5 Å². The Morgan fingerprint density at radius 1 is 1.00 bits per heavy atom. The molecule has 224 valence electrons. The minimum absolute atomic E-state index is 0.0814. The van der Waals surface area contributed by atoms with Gasteiger partial charge in [-0.1, -0.05) is 53.8 Å². The summed E-state index contributed by atoms with van der Waals surface area (Å²) in [5.74, 6) is -0.632. The van der Waals surface area contributed by atoms with Gasteiger partial charge in [0.2, 0.25) is 0 Å². The van der Waals surface area contributed by atoms with Crippen LogP contribution in [0, 0.1) is 5.41 Å². The molecule has 2 aliphatic heterocycles. The number of ether oxygens (including phenoxy) is 1. The van der Waals surface area contributed by atoms with Crippen molar-refractivity contribution in [1.82, 2.24) is 19.7 Å². The third-order valence-corrected chi connectivity index (χ3v) is 9.84. The number of benzene rings is 3. The van der Waals surface area contributed by atoms with Gasteiger partial charge in [0.15, 0.2) is 5.13 Å². The number of aromatic nitrogens is 1. The fraction of sp³-hybridized carbons (Fsp3) is 0.303. The summed E-state index contributed by atoms with van der Waals surface area (Å²) >= 11 is 1.45. The molecule has 1 aromatic heterocycles. The van der Waals surface area contributed by atoms with E-state index < -0.39 is 0 Å². The Morgan fingerprint density at radius 2 is 1.68 bits per heavy atom. The number of carbonyl (C=O) groups is 4. The molecule has 3 aromatic carbocycles. The summed E-state index contributed by atoms with van der Waals surface area (Å²) in [6.07, 6.45) is 0.699. The van der Waals surface area contributed by atoms with Crippen LogP contribution < -0.4 is 5.32 Å². The maximum atomic E-state index is 13.4. The molecule has 0 unspecified atom stereocenters. The van der Waals surface area contributed by atoms with Crippen LogP contribution in [-0.4, -0.2) is 82.8 Å². The second-order valence-corrected chi connectivity index (χ2v) is 13.0. The molecule has 0 bridgehead atoms. The van der Waals surface area contributed by atoms with Gasteiger partial charge in [-0.05, 0) is 48.7 Å². The van der Waals surface area contributed by atoms with Crippen LogP contribution >= 0.6 is 11.3 Å². The fourth-order valence-corrected chi connectivity index (χ4v) is 7.65. The first kappa shape index (κ1) is 28.0. The highest BCUT2D eigenvalue weighted by atomic mass is 32.1. The van der Waals surface area contributed by atoms with Crippen LogP contribution in [0.25, 0.3) is 10.2 Å². The predicted octanol–water partition coefficient (Wildman–Crippen LogP) is 4.88. The Morgan fingerprint density at radius 3 is 2.36 bits per heavy atom. The van der Waals surface area contributed by atoms with E-state index in [2.05, 4.69) is 5.32 Å². The third kappa shape index (κ3) is 4.77. The van der Waals surface area contributed by atoms with E-state index in [0.717, 1.165) is 15.8 Å². The number of likely N-dealkylation sites (tertiary alicyclic amines) is 1. The summed E-state index contributed by atoms with van der Waals surface area (Å²) in [5.41, 5.74) is 2.75. The van der Waals surface area contributed by atoms with Gasteiger partial charge in [0, 0.05) is 50.2 Å². The molecule has 2 atom stereocenters. The number of nitrogens with zero attached hydrogens (tertiary/aromatic N) is 4. The molecule has 10 nitrogen and oxygen atoms in total. The van der Waals surface area contributed by atoms with Gasteiger partial charge in [-0.25, -0.2) is 9.78 Å². The average Bonchev–Trinajstić information content (AvgIpc) is 3.66. The third-order valence-electron chi connectivity index (χ3n) is 8.89. The van der Waals surface area contributed by atoms with Gasteiger partial charge in [0.25, 0.3) is 17.7 Å². The monoisotopic (exact) mass is 609 g/mol. The lowest BCUT2D eigenvalue weighted by Crippen LogP contribution is -2.63. The summed E-state index contributed by atoms with van der Waals surface area (Å²) in [6.45, 7) is 1.06. The van der Waals surface area contributed by atoms with Crippen molar-refractivity contribution in [2.24, 2.45) is 5.41 Å². The number of rotatable bonds is 6. The van der Waals surface area contributed by atoms with Crippen molar-refractivity contribution in [3.8, 4) is 0 Å². The van der Waals surface area contributed by atoms with E-state index in [1.807, 2.05) is 42.5 Å². The number of hydrogen-bond donors (Lipinski definition) is 1. The van der Waals surface area contributed by atoms with Crippen LogP contribution in [0.3, 0.4) is 0 Å². The number of carbonyl (C=O) groups excluding carboxylic acids is 4. The Hall–Kier alpha value is -4.77. The van der Waals surface area contributed by atoms with Crippen molar-refractivity contribution in [2.75, 3.05) is 32.5 Å². The van der Waals surface area contributed by atoms with Gasteiger partial charge in [-0.15, -0.1) is 0 Å². The van der Waals surface area contributed by atoms with E-state index in [1.54, 1.807) is 49.3 Å². The maximum absolute atomic E-state index is 13.4. The molecule has 11 heteroatoms. The van der Waals surface area contributed by atoms with E-state index >= 15 is 0 Å². The zero-order valence-electron chi connectivity index (χ0n) is 24.4. The second-order valence-electron chi connectivity index (χ2n) is 12.0. The summed E-state index contributed by atoms with van der Waals surface area (Å²) < 4.78 is 6.46. The normalized spacial score (nSPS) is 20.1. The first-order valence-corrected chi connectivity index (χ1v) is 15.4. The SMILES string of the molecule is CN(C)C(=O)c1ccc2nc(N[C@@H]3C[C@@H](N4C(=O)c5ccccc5C4=O)CC34CN(C(=O)OCc3ccccc3)C4)sc2c1. The molecular weight excluding hydrogens is 578 g/mol. The minimum Gasteiger partial charge on any atom is -0.445 e. The number of thiazole rings is 1. The summed E-state index contributed by atoms with van der Waals surface area (Å²) in [4.78, 5) is 61.6. The number of hydrogen-bond acceptors (Lipinski definition) is 8. The molecule has 44 heavy (non-hydrogen) atoms. The van der Waals surface area contributed by atoms with Gasteiger partial charge in [0.05, 0.1) is 21.3 Å². The molecule has 1 N–H and O–H groups in total. The molecule has 0 radical (unpaired) electrons. The van der Waals surface area contributed by atoms with E-state index in [9.17, 15) is 19.2 Å². The zero-order valence-corrected chi connectivity index (χ0v) is 25.2. The van der Waals surface area contributed by atoms with Crippen LogP contribution in [0.1, 0.15) is 49.5 Å². The van der Waals surface area contributed by atoms with E-state index in [4.69, 9.17) is 9.72 Å². The van der Waals surface area contributed by atoms with Crippen molar-refractivity contribution in [3.63, 3.8) is 0 Å². The van der Waals surface area contributed by atoms with E-state index in [0.29, 0.717) is 47.8 Å². The molecule has 2 fully saturated rings. The molecule has 1 spiro atoms. The topological polar surface area (TPSA) is 112 Å². The molecule has 1 aliphatic carbocycles. The first-order valence-electron chi connectivity index (χ1n) is 14.5. The van der Waals surface area contributed by atoms with Gasteiger partial charge in [-0.3, -0.25) is 19.3 Å². The molecule has 3 aliphatic rings. The first-order chi connectivity index (χ1) is 21.2. The largest absolute Gasteiger partial charge is 0.445 e. The molecule has 1 saturated carbocycles. The molecule has 7 rings (SSSR count). The number of amides is 4. The van der Waals surface area contributed by atoms with E-state index in [1.165, 1.54) is 21.1 Å². The highest BCUT2D eigenvalue weighted by molar-refractivity contribution is 7.22. The van der Waals surface area contributed by atoms with Crippen molar-refractivity contribution in [2.45, 2.75) is 31.5 Å². The van der Waals surface area contributed by atoms with Crippen molar-refractivity contribution in [1.29, 1.82) is 0 Å². The lowest BCUT2D eigenvalue weighted by Gasteiger charge is -2.50. The molecule has 4 amide bonds. The minimum atomic E-state index is -0.388. The molecule has 3 heterocycles. The van der Waals surface area contributed by atoms with Gasteiger partial charge < -0.3 is 19.9 Å². The highest BCUT2D eigenvalue weighted by Gasteiger charge is 2.59. The lowest BCUT2D eigenvalue weighted by atomic mass is 9.75. The van der Waals surface area contributed by atoms with Crippen LogP contribution in [0.4, 0.5) is 9.93 Å². The number of nitrogens with one attached hydrogen (secondary N) is 1. The van der Waals surface area contributed by atoms with Gasteiger partial charge in [0.1, 0.15) is 6.61 Å². The Bertz CT molecular complexity index is 1760. The summed E-state index contributed by atoms with van der Waals surface area (Å²) in [5, 5.41) is 4.29. The lowest BCUT2D eigenvalue weighted by molar-refractivity contribution is -0.0105. The van der Waals surface area contributed by atoms with Gasteiger partial charge in [-0.2, -0.15) is 0 Å². The van der Waals surface area contributed by atoms with Crippen LogP contribution in [0.2, 0.25) is 0 Å². The van der Waals surface area contributed by atoms with Gasteiger partial charge >= 0.3 is 6.09 Å². The highest BCUT2D eigenvalue weighted by Crippen LogP contribution is 2.50. The number of imide groups is 1. The molecular formula is C33H31N5O5S. The Kier molecular flexibility index (Phi) is 6.84. The standard InChI is InChI=1S/C33H31N5O5S/c1-36(2)28(39)21-12-13-25-26(14-21)44-31(34-25)35-27-15-22(38-29(40)23-10-6-7-11-24(23)30(38)41)16-33(27)18-37(19-33)32(42)43-17-20-8-4-3-5-9-20/h3-14,22,27H,15-19H2,1-2H3,(H,34,35)/t22-,27-/m1/s1. The maximum Gasteiger partial charge on any atom is 0.410 e. The predicted molar refractivity (Wildman–Crippen MR) is 166 cm³/mol. The number of fused-ring (bicyclic) bond motifs is 2.